The standard InChI is InChI=1S/C16H20FN3O6S/c17-8-11(9-18-16(21)22)10-25-12-1-2-13-14(7-12)26-15(19-13)20-3-5-27(23,24)6-4-20/h1-2,7-8,18,23-24H,3-6,9-10H2,(H,21,22)/b11-8+. The average molecular weight is 401 g/mol. The Labute approximate surface area is 155 Å². The van der Waals surface area contributed by atoms with Crippen LogP contribution in [0.15, 0.2) is 34.5 Å². The smallest absolute Gasteiger partial charge is 0.404 e. The van der Waals surface area contributed by atoms with Crippen molar-refractivity contribution in [1.29, 1.82) is 0 Å². The van der Waals surface area contributed by atoms with Crippen molar-refractivity contribution < 1.29 is 32.6 Å². The summed E-state index contributed by atoms with van der Waals surface area (Å²) in [5, 5.41) is 10.6. The van der Waals surface area contributed by atoms with Gasteiger partial charge in [-0.25, -0.2) is 9.18 Å². The number of rotatable bonds is 6. The molecule has 0 radical (unpaired) electrons. The number of ether oxygens (including phenoxy) is 1. The molecule has 4 N–H and O–H groups in total. The number of hydrogen-bond donors (Lipinski definition) is 4. The van der Waals surface area contributed by atoms with E-state index in [2.05, 4.69) is 10.3 Å². The lowest BCUT2D eigenvalue weighted by Gasteiger charge is -2.40. The topological polar surface area (TPSA) is 128 Å². The van der Waals surface area contributed by atoms with E-state index < -0.39 is 16.7 Å². The molecule has 1 aliphatic heterocycles. The van der Waals surface area contributed by atoms with E-state index in [9.17, 15) is 18.3 Å². The largest absolute Gasteiger partial charge is 0.489 e. The van der Waals surface area contributed by atoms with Crippen LogP contribution >= 0.6 is 10.6 Å². The second kappa shape index (κ2) is 8.03. The lowest BCUT2D eigenvalue weighted by molar-refractivity contribution is 0.195. The van der Waals surface area contributed by atoms with Crippen LogP contribution in [0.3, 0.4) is 0 Å². The summed E-state index contributed by atoms with van der Waals surface area (Å²) in [6, 6.07) is 5.36. The van der Waals surface area contributed by atoms with E-state index in [0.29, 0.717) is 42.3 Å². The number of nitrogens with zero attached hydrogens (tertiary/aromatic N) is 2. The molecule has 1 aliphatic rings. The number of benzene rings is 1. The van der Waals surface area contributed by atoms with E-state index in [-0.39, 0.29) is 30.2 Å². The first kappa shape index (κ1) is 19.3. The molecule has 0 unspecified atom stereocenters. The zero-order chi connectivity index (χ0) is 19.4. The fourth-order valence-corrected chi connectivity index (χ4v) is 3.75. The number of hydrogen-bond acceptors (Lipinski definition) is 7. The quantitative estimate of drug-likeness (QED) is 0.582. The Hall–Kier alpha value is -2.50. The Kier molecular flexibility index (Phi) is 5.73. The van der Waals surface area contributed by atoms with E-state index in [1.807, 2.05) is 4.90 Å². The van der Waals surface area contributed by atoms with Gasteiger partial charge in [0.15, 0.2) is 5.58 Å². The van der Waals surface area contributed by atoms with Gasteiger partial charge >= 0.3 is 6.09 Å². The first-order valence-corrected chi connectivity index (χ1v) is 10.0. The summed E-state index contributed by atoms with van der Waals surface area (Å²) in [5.74, 6) is 0.985. The van der Waals surface area contributed by atoms with E-state index in [0.717, 1.165) is 0 Å². The van der Waals surface area contributed by atoms with Gasteiger partial charge in [0, 0.05) is 31.3 Å². The Morgan fingerprint density at radius 1 is 1.41 bits per heavy atom. The molecule has 0 aliphatic carbocycles. The number of anilines is 1. The molecule has 1 fully saturated rings. The molecule has 1 aromatic carbocycles. The lowest BCUT2D eigenvalue weighted by atomic mass is 10.3. The van der Waals surface area contributed by atoms with Crippen molar-refractivity contribution in [2.24, 2.45) is 0 Å². The summed E-state index contributed by atoms with van der Waals surface area (Å²) in [6.07, 6.45) is -0.939. The predicted octanol–water partition coefficient (Wildman–Crippen LogP) is 2.90. The predicted molar refractivity (Wildman–Crippen MR) is 99.5 cm³/mol. The summed E-state index contributed by atoms with van der Waals surface area (Å²) in [7, 11) is -2.50. The van der Waals surface area contributed by atoms with Gasteiger partial charge in [0.25, 0.3) is 6.01 Å². The zero-order valence-electron chi connectivity index (χ0n) is 14.3. The van der Waals surface area contributed by atoms with Crippen LogP contribution in [0.5, 0.6) is 5.75 Å². The minimum absolute atomic E-state index is 0.118. The fourth-order valence-electron chi connectivity index (χ4n) is 2.52. The van der Waals surface area contributed by atoms with Crippen LogP contribution in [0, 0.1) is 0 Å². The summed E-state index contributed by atoms with van der Waals surface area (Å²) in [6.45, 7) is 0.599. The maximum absolute atomic E-state index is 12.8. The zero-order valence-corrected chi connectivity index (χ0v) is 15.1. The molecule has 2 aromatic rings. The van der Waals surface area contributed by atoms with Crippen LogP contribution in [-0.2, 0) is 0 Å². The maximum atomic E-state index is 12.8. The third kappa shape index (κ3) is 5.02. The molecule has 0 bridgehead atoms. The fraction of sp³-hybridized carbons (Fsp3) is 0.375. The first-order valence-electron chi connectivity index (χ1n) is 8.13. The minimum Gasteiger partial charge on any atom is -0.489 e. The van der Waals surface area contributed by atoms with Crippen molar-refractivity contribution >= 4 is 33.8 Å². The van der Waals surface area contributed by atoms with Crippen LogP contribution in [-0.4, -0.2) is 63.0 Å². The number of fused-ring (bicyclic) bond motifs is 1. The number of oxazole rings is 1. The lowest BCUT2D eigenvalue weighted by Crippen LogP contribution is -2.38. The van der Waals surface area contributed by atoms with Gasteiger partial charge in [-0.05, 0) is 12.1 Å². The summed E-state index contributed by atoms with van der Waals surface area (Å²) >= 11 is 0. The molecule has 2 heterocycles. The molecule has 1 saturated heterocycles. The van der Waals surface area contributed by atoms with Crippen LogP contribution in [0.1, 0.15) is 0 Å². The SMILES string of the molecule is O=C(O)NC/C(=C\F)COc1ccc2nc(N3CCS(O)(O)CC3)oc2c1. The highest BCUT2D eigenvalue weighted by Gasteiger charge is 2.25. The van der Waals surface area contributed by atoms with Crippen LogP contribution in [0.4, 0.5) is 15.2 Å². The molecule has 27 heavy (non-hydrogen) atoms. The van der Waals surface area contributed by atoms with Gasteiger partial charge in [-0.3, -0.25) is 9.11 Å². The highest BCUT2D eigenvalue weighted by molar-refractivity contribution is 8.24. The monoisotopic (exact) mass is 401 g/mol. The third-order valence-electron chi connectivity index (χ3n) is 4.04. The van der Waals surface area contributed by atoms with E-state index in [1.54, 1.807) is 18.2 Å². The van der Waals surface area contributed by atoms with Crippen molar-refractivity contribution in [3.8, 4) is 5.75 Å². The molecule has 0 atom stereocenters. The van der Waals surface area contributed by atoms with Gasteiger partial charge < -0.3 is 24.5 Å². The van der Waals surface area contributed by atoms with Gasteiger partial charge in [-0.2, -0.15) is 15.6 Å². The van der Waals surface area contributed by atoms with Crippen LogP contribution in [0.25, 0.3) is 11.1 Å². The Balaban J connectivity index is 1.64. The van der Waals surface area contributed by atoms with E-state index >= 15 is 0 Å². The molecular formula is C16H20FN3O6S. The Morgan fingerprint density at radius 2 is 2.15 bits per heavy atom. The van der Waals surface area contributed by atoms with E-state index in [4.69, 9.17) is 14.3 Å². The molecule has 0 spiro atoms. The number of aromatic nitrogens is 1. The molecular weight excluding hydrogens is 381 g/mol. The van der Waals surface area contributed by atoms with Crippen molar-refractivity contribution in [2.75, 3.05) is 42.6 Å². The van der Waals surface area contributed by atoms with Crippen molar-refractivity contribution in [2.45, 2.75) is 0 Å². The minimum atomic E-state index is -2.50. The van der Waals surface area contributed by atoms with Crippen LogP contribution in [0.2, 0.25) is 0 Å². The van der Waals surface area contributed by atoms with Crippen molar-refractivity contribution in [3.63, 3.8) is 0 Å². The second-order valence-electron chi connectivity index (χ2n) is 6.04. The van der Waals surface area contributed by atoms with Crippen molar-refractivity contribution in [1.82, 2.24) is 10.3 Å². The molecule has 148 valence electrons. The second-order valence-corrected chi connectivity index (χ2v) is 8.46. The van der Waals surface area contributed by atoms with Gasteiger partial charge in [0.1, 0.15) is 17.9 Å². The number of halogens is 1. The molecule has 11 heteroatoms. The maximum Gasteiger partial charge on any atom is 0.404 e. The van der Waals surface area contributed by atoms with Gasteiger partial charge in [0.05, 0.1) is 17.8 Å². The molecule has 0 saturated carbocycles. The van der Waals surface area contributed by atoms with Gasteiger partial charge in [0.2, 0.25) is 0 Å². The summed E-state index contributed by atoms with van der Waals surface area (Å²) in [5.41, 5.74) is 1.24. The van der Waals surface area contributed by atoms with Crippen molar-refractivity contribution in [3.05, 3.63) is 30.1 Å². The first-order chi connectivity index (χ1) is 12.9. The number of carboxylic acid groups (broad SMARTS) is 1. The molecule has 9 nitrogen and oxygen atoms in total. The number of carbonyl (C=O) groups is 1. The molecule has 1 amide bonds. The number of amides is 1. The highest BCUT2D eigenvalue weighted by Crippen LogP contribution is 2.41. The molecule has 1 aromatic heterocycles. The van der Waals surface area contributed by atoms with Crippen LogP contribution < -0.4 is 15.0 Å². The average Bonchev–Trinajstić information content (AvgIpc) is 3.04. The third-order valence-corrected chi connectivity index (χ3v) is 5.71. The van der Waals surface area contributed by atoms with Gasteiger partial charge in [-0.1, -0.05) is 0 Å². The Bertz CT molecular complexity index is 846. The Morgan fingerprint density at radius 3 is 2.81 bits per heavy atom. The van der Waals surface area contributed by atoms with Gasteiger partial charge in [-0.15, -0.1) is 0 Å². The van der Waals surface area contributed by atoms with E-state index in [1.165, 1.54) is 0 Å². The number of nitrogens with one attached hydrogen (secondary N) is 1. The molecule has 3 rings (SSSR count). The highest BCUT2D eigenvalue weighted by atomic mass is 32.3. The summed E-state index contributed by atoms with van der Waals surface area (Å²) < 4.78 is 43.4. The normalized spacial score (nSPS) is 18.3. The summed E-state index contributed by atoms with van der Waals surface area (Å²) in [4.78, 5) is 16.7.